The fourth-order valence-electron chi connectivity index (χ4n) is 3.71. The maximum atomic E-state index is 4.39. The van der Waals surface area contributed by atoms with Gasteiger partial charge in [0.25, 0.3) is 0 Å². The molecular weight excluding hydrogens is 497 g/mol. The smallest absolute Gasteiger partial charge is 0.191 e. The van der Waals surface area contributed by atoms with E-state index < -0.39 is 0 Å². The molecule has 0 aromatic carbocycles. The number of halogens is 1. The quantitative estimate of drug-likeness (QED) is 0.282. The van der Waals surface area contributed by atoms with Crippen LogP contribution >= 0.6 is 35.3 Å². The molecule has 0 aliphatic carbocycles. The Labute approximate surface area is 192 Å². The van der Waals surface area contributed by atoms with Gasteiger partial charge in [-0.1, -0.05) is 12.1 Å². The highest BCUT2D eigenvalue weighted by atomic mass is 127. The van der Waals surface area contributed by atoms with Crippen molar-refractivity contribution in [2.75, 3.05) is 33.2 Å². The second-order valence-electron chi connectivity index (χ2n) is 6.95. The Morgan fingerprint density at radius 1 is 1.17 bits per heavy atom. The molecule has 0 radical (unpaired) electrons. The van der Waals surface area contributed by atoms with E-state index in [0.717, 1.165) is 36.9 Å². The van der Waals surface area contributed by atoms with E-state index >= 15 is 0 Å². The molecule has 2 N–H and O–H groups in total. The summed E-state index contributed by atoms with van der Waals surface area (Å²) in [6, 6.07) is 10.7. The van der Waals surface area contributed by atoms with Gasteiger partial charge in [0.2, 0.25) is 0 Å². The van der Waals surface area contributed by atoms with E-state index in [0.29, 0.717) is 6.04 Å². The minimum Gasteiger partial charge on any atom is -0.356 e. The van der Waals surface area contributed by atoms with Gasteiger partial charge in [-0.05, 0) is 49.5 Å². The third-order valence-corrected chi connectivity index (χ3v) is 6.14. The number of thiophene rings is 1. The number of aromatic nitrogens is 3. The van der Waals surface area contributed by atoms with Crippen LogP contribution < -0.4 is 10.6 Å². The summed E-state index contributed by atoms with van der Waals surface area (Å²) in [5, 5.41) is 17.6. The van der Waals surface area contributed by atoms with Gasteiger partial charge >= 0.3 is 0 Å². The second-order valence-corrected chi connectivity index (χ2v) is 7.93. The van der Waals surface area contributed by atoms with Crippen molar-refractivity contribution in [1.82, 2.24) is 30.1 Å². The third kappa shape index (κ3) is 5.46. The molecule has 0 bridgehead atoms. The van der Waals surface area contributed by atoms with Gasteiger partial charge in [0.1, 0.15) is 5.82 Å². The highest BCUT2D eigenvalue weighted by molar-refractivity contribution is 14.0. The van der Waals surface area contributed by atoms with E-state index in [4.69, 9.17) is 0 Å². The van der Waals surface area contributed by atoms with E-state index in [1.807, 2.05) is 47.2 Å². The highest BCUT2D eigenvalue weighted by Crippen LogP contribution is 2.27. The van der Waals surface area contributed by atoms with E-state index in [2.05, 4.69) is 48.2 Å². The van der Waals surface area contributed by atoms with Crippen molar-refractivity contribution in [1.29, 1.82) is 0 Å². The summed E-state index contributed by atoms with van der Waals surface area (Å²) in [4.78, 5) is 8.38. The van der Waals surface area contributed by atoms with Crippen molar-refractivity contribution in [3.63, 3.8) is 0 Å². The van der Waals surface area contributed by atoms with Crippen LogP contribution in [0.1, 0.15) is 29.6 Å². The van der Waals surface area contributed by atoms with Crippen LogP contribution in [0.15, 0.2) is 46.9 Å². The van der Waals surface area contributed by atoms with Gasteiger partial charge in [0.15, 0.2) is 11.6 Å². The lowest BCUT2D eigenvalue weighted by molar-refractivity contribution is 0.249. The van der Waals surface area contributed by atoms with Crippen molar-refractivity contribution in [3.05, 3.63) is 52.6 Å². The van der Waals surface area contributed by atoms with Crippen LogP contribution in [0.4, 0.5) is 0 Å². The number of fused-ring (bicyclic) bond motifs is 1. The molecule has 4 rings (SSSR count). The van der Waals surface area contributed by atoms with Crippen LogP contribution in [0.3, 0.4) is 0 Å². The molecule has 1 aliphatic heterocycles. The normalized spacial score (nSPS) is 16.0. The molecule has 1 atom stereocenters. The first-order chi connectivity index (χ1) is 13.8. The van der Waals surface area contributed by atoms with Crippen LogP contribution in [0.2, 0.25) is 0 Å². The molecule has 1 unspecified atom stereocenters. The summed E-state index contributed by atoms with van der Waals surface area (Å²) in [5.41, 5.74) is 0.879. The zero-order valence-corrected chi connectivity index (χ0v) is 19.8. The van der Waals surface area contributed by atoms with E-state index in [9.17, 15) is 0 Å². The van der Waals surface area contributed by atoms with Crippen molar-refractivity contribution in [3.8, 4) is 0 Å². The van der Waals surface area contributed by atoms with Gasteiger partial charge in [-0.2, -0.15) is 0 Å². The summed E-state index contributed by atoms with van der Waals surface area (Å²) >= 11 is 1.83. The highest BCUT2D eigenvalue weighted by Gasteiger charge is 2.24. The first-order valence-corrected chi connectivity index (χ1v) is 10.7. The maximum absolute atomic E-state index is 4.39. The largest absolute Gasteiger partial charge is 0.356 e. The summed E-state index contributed by atoms with van der Waals surface area (Å²) in [7, 11) is 1.82. The molecule has 7 nitrogen and oxygen atoms in total. The second kappa shape index (κ2) is 10.9. The van der Waals surface area contributed by atoms with Gasteiger partial charge in [0.05, 0.1) is 6.04 Å². The van der Waals surface area contributed by atoms with Crippen molar-refractivity contribution in [2.45, 2.75) is 25.3 Å². The predicted molar refractivity (Wildman–Crippen MR) is 129 cm³/mol. The number of guanidine groups is 1. The lowest BCUT2D eigenvalue weighted by Crippen LogP contribution is -2.43. The molecule has 1 saturated heterocycles. The van der Waals surface area contributed by atoms with E-state index in [1.165, 1.54) is 30.8 Å². The first-order valence-electron chi connectivity index (χ1n) is 9.86. The number of rotatable bonds is 7. The number of pyridine rings is 1. The minimum atomic E-state index is 0. The number of nitrogens with one attached hydrogen (secondary N) is 2. The third-order valence-electron chi connectivity index (χ3n) is 5.16. The van der Waals surface area contributed by atoms with Gasteiger partial charge < -0.3 is 10.6 Å². The van der Waals surface area contributed by atoms with Gasteiger partial charge in [-0.25, -0.2) is 0 Å². The summed E-state index contributed by atoms with van der Waals surface area (Å²) in [6.45, 7) is 3.96. The monoisotopic (exact) mass is 525 g/mol. The summed E-state index contributed by atoms with van der Waals surface area (Å²) < 4.78 is 2.03. The molecule has 0 amide bonds. The number of nitrogens with zero attached hydrogens (tertiary/aromatic N) is 5. The average molecular weight is 525 g/mol. The Hall–Kier alpha value is -1.72. The zero-order chi connectivity index (χ0) is 19.2. The topological polar surface area (TPSA) is 69.8 Å². The van der Waals surface area contributed by atoms with Gasteiger partial charge in [0, 0.05) is 37.6 Å². The first kappa shape index (κ1) is 22.0. The van der Waals surface area contributed by atoms with Crippen LogP contribution in [0, 0.1) is 0 Å². The number of hydrogen-bond donors (Lipinski definition) is 2. The molecular formula is C20H28IN7S. The van der Waals surface area contributed by atoms with Crippen molar-refractivity contribution in [2.24, 2.45) is 4.99 Å². The Balaban J connectivity index is 0.00000240. The molecule has 1 aliphatic rings. The van der Waals surface area contributed by atoms with Crippen molar-refractivity contribution >= 4 is 46.9 Å². The van der Waals surface area contributed by atoms with Crippen molar-refractivity contribution < 1.29 is 0 Å². The fourth-order valence-corrected chi connectivity index (χ4v) is 4.57. The Bertz CT molecular complexity index is 903. The molecule has 29 heavy (non-hydrogen) atoms. The van der Waals surface area contributed by atoms with Crippen LogP contribution in [-0.4, -0.2) is 58.7 Å². The molecule has 9 heteroatoms. The average Bonchev–Trinajstić information content (AvgIpc) is 3.49. The van der Waals surface area contributed by atoms with E-state index in [1.54, 1.807) is 0 Å². The molecule has 4 heterocycles. The standard InChI is InChI=1S/C20H27N7S.HI/c1-21-20(22-10-9-19-25-24-18-8-2-3-13-27(18)19)23-15-16(17-7-6-14-28-17)26-11-4-5-12-26;/h2-3,6-8,13-14,16H,4-5,9-12,15H2,1H3,(H2,21,22,23);1H. The number of hydrogen-bond acceptors (Lipinski definition) is 5. The van der Waals surface area contributed by atoms with Crippen LogP contribution in [0.25, 0.3) is 5.65 Å². The Morgan fingerprint density at radius 2 is 2.03 bits per heavy atom. The molecule has 0 saturated carbocycles. The lowest BCUT2D eigenvalue weighted by atomic mass is 10.2. The Kier molecular flexibility index (Phi) is 8.25. The zero-order valence-electron chi connectivity index (χ0n) is 16.6. The maximum Gasteiger partial charge on any atom is 0.191 e. The van der Waals surface area contributed by atoms with Gasteiger partial charge in [-0.3, -0.25) is 14.3 Å². The molecule has 1 fully saturated rings. The number of likely N-dealkylation sites (tertiary alicyclic amines) is 1. The minimum absolute atomic E-state index is 0. The molecule has 156 valence electrons. The molecule has 0 spiro atoms. The molecule has 3 aromatic rings. The SMILES string of the molecule is CN=C(NCCc1nnc2ccccn12)NCC(c1cccs1)N1CCCC1.I. The summed E-state index contributed by atoms with van der Waals surface area (Å²) in [5.74, 6) is 1.78. The fraction of sp³-hybridized carbons (Fsp3) is 0.450. The van der Waals surface area contributed by atoms with E-state index in [-0.39, 0.29) is 24.0 Å². The molecule has 3 aromatic heterocycles. The van der Waals surface area contributed by atoms with Gasteiger partial charge in [-0.15, -0.1) is 45.5 Å². The predicted octanol–water partition coefficient (Wildman–Crippen LogP) is 2.95. The lowest BCUT2D eigenvalue weighted by Gasteiger charge is -2.27. The summed E-state index contributed by atoms with van der Waals surface area (Å²) in [6.07, 6.45) is 5.37. The van der Waals surface area contributed by atoms with Crippen LogP contribution in [-0.2, 0) is 6.42 Å². The van der Waals surface area contributed by atoms with Crippen LogP contribution in [0.5, 0.6) is 0 Å². The number of aliphatic imine (C=N–C) groups is 1. The Morgan fingerprint density at radius 3 is 2.79 bits per heavy atom.